The van der Waals surface area contributed by atoms with Gasteiger partial charge in [0, 0.05) is 38.2 Å². The number of fused-ring (bicyclic) bond motifs is 1. The van der Waals surface area contributed by atoms with Crippen LogP contribution in [-0.2, 0) is 22.7 Å². The van der Waals surface area contributed by atoms with Crippen molar-refractivity contribution in [1.82, 2.24) is 20.9 Å². The number of imide groups is 1. The SMILES string of the molecule is O=C1CCC(N2Cc3cc(CNCC4(O)CCNC4)ccc3C2=O)C(=O)N1. The van der Waals surface area contributed by atoms with Gasteiger partial charge in [0.1, 0.15) is 6.04 Å². The standard InChI is InChI=1S/C19H24N4O4/c24-16-4-3-15(17(25)22-16)23-9-13-7-12(1-2-14(13)18(23)26)8-21-11-19(27)5-6-20-10-19/h1-2,7,15,20-21,27H,3-6,8-11H2,(H,22,24,25). The highest BCUT2D eigenvalue weighted by Gasteiger charge is 2.39. The molecule has 2 fully saturated rings. The van der Waals surface area contributed by atoms with Gasteiger partial charge in [-0.15, -0.1) is 0 Å². The number of nitrogens with zero attached hydrogens (tertiary/aromatic N) is 1. The molecule has 2 atom stereocenters. The van der Waals surface area contributed by atoms with Gasteiger partial charge in [0.2, 0.25) is 11.8 Å². The zero-order valence-electron chi connectivity index (χ0n) is 15.1. The molecule has 1 aromatic carbocycles. The Balaban J connectivity index is 1.40. The maximum Gasteiger partial charge on any atom is 0.255 e. The number of benzene rings is 1. The number of β-amino-alcohol motifs (C(OH)–C–C–N with tert-alkyl or cyclic N) is 1. The molecule has 1 aromatic rings. The third-order valence-corrected chi connectivity index (χ3v) is 5.59. The molecule has 0 aromatic heterocycles. The summed E-state index contributed by atoms with van der Waals surface area (Å²) in [7, 11) is 0. The van der Waals surface area contributed by atoms with E-state index in [1.54, 1.807) is 11.0 Å². The number of carbonyl (C=O) groups is 3. The number of carbonyl (C=O) groups excluding carboxylic acids is 3. The Kier molecular flexibility index (Phi) is 4.71. The van der Waals surface area contributed by atoms with Gasteiger partial charge in [-0.1, -0.05) is 12.1 Å². The monoisotopic (exact) mass is 372 g/mol. The molecule has 0 spiro atoms. The van der Waals surface area contributed by atoms with Gasteiger partial charge in [-0.3, -0.25) is 19.7 Å². The summed E-state index contributed by atoms with van der Waals surface area (Å²) in [5.41, 5.74) is 1.84. The minimum atomic E-state index is -0.699. The number of aliphatic hydroxyl groups is 1. The van der Waals surface area contributed by atoms with E-state index in [1.807, 2.05) is 12.1 Å². The minimum absolute atomic E-state index is 0.162. The third kappa shape index (κ3) is 3.60. The van der Waals surface area contributed by atoms with E-state index in [9.17, 15) is 19.5 Å². The van der Waals surface area contributed by atoms with E-state index in [0.717, 1.165) is 24.1 Å². The Morgan fingerprint density at radius 3 is 2.89 bits per heavy atom. The van der Waals surface area contributed by atoms with Gasteiger partial charge < -0.3 is 20.6 Å². The first kappa shape index (κ1) is 18.1. The van der Waals surface area contributed by atoms with Crippen molar-refractivity contribution in [2.45, 2.75) is 44.0 Å². The summed E-state index contributed by atoms with van der Waals surface area (Å²) in [6.45, 7) is 2.91. The molecule has 8 nitrogen and oxygen atoms in total. The molecule has 3 amide bonds. The molecule has 0 saturated carbocycles. The summed E-state index contributed by atoms with van der Waals surface area (Å²) >= 11 is 0. The molecule has 2 saturated heterocycles. The van der Waals surface area contributed by atoms with Crippen LogP contribution in [0.25, 0.3) is 0 Å². The van der Waals surface area contributed by atoms with Crippen LogP contribution in [0.15, 0.2) is 18.2 Å². The van der Waals surface area contributed by atoms with Gasteiger partial charge >= 0.3 is 0 Å². The summed E-state index contributed by atoms with van der Waals surface area (Å²) < 4.78 is 0. The second-order valence-electron chi connectivity index (χ2n) is 7.65. The number of nitrogens with one attached hydrogen (secondary N) is 3. The highest BCUT2D eigenvalue weighted by Crippen LogP contribution is 2.28. The Hall–Kier alpha value is -2.29. The molecule has 3 aliphatic rings. The number of amides is 3. The van der Waals surface area contributed by atoms with Crippen LogP contribution in [0.1, 0.15) is 40.7 Å². The fourth-order valence-corrected chi connectivity index (χ4v) is 4.06. The van der Waals surface area contributed by atoms with Crippen molar-refractivity contribution >= 4 is 17.7 Å². The van der Waals surface area contributed by atoms with Crippen LogP contribution in [0.3, 0.4) is 0 Å². The van der Waals surface area contributed by atoms with E-state index < -0.39 is 17.6 Å². The number of rotatable bonds is 5. The van der Waals surface area contributed by atoms with Crippen molar-refractivity contribution in [3.63, 3.8) is 0 Å². The predicted molar refractivity (Wildman–Crippen MR) is 96.6 cm³/mol. The first-order valence-corrected chi connectivity index (χ1v) is 9.35. The maximum absolute atomic E-state index is 12.7. The molecule has 8 heteroatoms. The average Bonchev–Trinajstić information content (AvgIpc) is 3.19. The molecule has 2 unspecified atom stereocenters. The van der Waals surface area contributed by atoms with E-state index >= 15 is 0 Å². The minimum Gasteiger partial charge on any atom is -0.387 e. The lowest BCUT2D eigenvalue weighted by Gasteiger charge is -2.29. The van der Waals surface area contributed by atoms with Crippen molar-refractivity contribution in [1.29, 1.82) is 0 Å². The molecule has 3 aliphatic heterocycles. The Morgan fingerprint density at radius 2 is 2.15 bits per heavy atom. The van der Waals surface area contributed by atoms with E-state index in [-0.39, 0.29) is 18.2 Å². The molecule has 3 heterocycles. The van der Waals surface area contributed by atoms with Crippen LogP contribution in [0, 0.1) is 0 Å². The van der Waals surface area contributed by atoms with Gasteiger partial charge in [-0.2, -0.15) is 0 Å². The molecular weight excluding hydrogens is 348 g/mol. The van der Waals surface area contributed by atoms with Crippen molar-refractivity contribution in [3.05, 3.63) is 34.9 Å². The van der Waals surface area contributed by atoms with Crippen molar-refractivity contribution in [2.24, 2.45) is 0 Å². The summed E-state index contributed by atoms with van der Waals surface area (Å²) in [6, 6.07) is 5.08. The Morgan fingerprint density at radius 1 is 1.30 bits per heavy atom. The molecule has 0 radical (unpaired) electrons. The van der Waals surface area contributed by atoms with Crippen LogP contribution in [0.2, 0.25) is 0 Å². The topological polar surface area (TPSA) is 111 Å². The van der Waals surface area contributed by atoms with E-state index in [0.29, 0.717) is 38.2 Å². The fourth-order valence-electron chi connectivity index (χ4n) is 4.06. The molecule has 27 heavy (non-hydrogen) atoms. The van der Waals surface area contributed by atoms with Crippen LogP contribution in [0.4, 0.5) is 0 Å². The molecular formula is C19H24N4O4. The van der Waals surface area contributed by atoms with E-state index in [1.165, 1.54) is 0 Å². The zero-order chi connectivity index (χ0) is 19.0. The highest BCUT2D eigenvalue weighted by molar-refractivity contribution is 6.05. The van der Waals surface area contributed by atoms with Crippen molar-refractivity contribution in [2.75, 3.05) is 19.6 Å². The summed E-state index contributed by atoms with van der Waals surface area (Å²) in [5, 5.41) is 19.1. The fraction of sp³-hybridized carbons (Fsp3) is 0.526. The normalized spacial score (nSPS) is 27.8. The number of hydrogen-bond acceptors (Lipinski definition) is 6. The summed E-state index contributed by atoms with van der Waals surface area (Å²) in [5.74, 6) is -0.842. The molecule has 4 rings (SSSR count). The van der Waals surface area contributed by atoms with Gasteiger partial charge in [0.15, 0.2) is 0 Å². The summed E-state index contributed by atoms with van der Waals surface area (Å²) in [4.78, 5) is 37.6. The lowest BCUT2D eigenvalue weighted by Crippen LogP contribution is -2.52. The highest BCUT2D eigenvalue weighted by atomic mass is 16.3. The third-order valence-electron chi connectivity index (χ3n) is 5.59. The number of hydrogen-bond donors (Lipinski definition) is 4. The first-order chi connectivity index (χ1) is 13.0. The maximum atomic E-state index is 12.7. The lowest BCUT2D eigenvalue weighted by molar-refractivity contribution is -0.136. The molecule has 0 bridgehead atoms. The molecule has 144 valence electrons. The smallest absolute Gasteiger partial charge is 0.255 e. The van der Waals surface area contributed by atoms with Crippen LogP contribution >= 0.6 is 0 Å². The van der Waals surface area contributed by atoms with Gasteiger partial charge in [-0.05, 0) is 36.6 Å². The second kappa shape index (κ2) is 7.03. The average molecular weight is 372 g/mol. The van der Waals surface area contributed by atoms with Crippen LogP contribution in [-0.4, -0.2) is 59.0 Å². The summed E-state index contributed by atoms with van der Waals surface area (Å²) in [6.07, 6.45) is 1.36. The molecule has 4 N–H and O–H groups in total. The van der Waals surface area contributed by atoms with Crippen LogP contribution < -0.4 is 16.0 Å². The van der Waals surface area contributed by atoms with Crippen molar-refractivity contribution < 1.29 is 19.5 Å². The van der Waals surface area contributed by atoms with Crippen molar-refractivity contribution in [3.8, 4) is 0 Å². The second-order valence-corrected chi connectivity index (χ2v) is 7.65. The predicted octanol–water partition coefficient (Wildman–Crippen LogP) is -0.738. The van der Waals surface area contributed by atoms with Gasteiger partial charge in [0.05, 0.1) is 5.60 Å². The Labute approximate surface area is 157 Å². The first-order valence-electron chi connectivity index (χ1n) is 9.35. The van der Waals surface area contributed by atoms with Gasteiger partial charge in [0.25, 0.3) is 5.91 Å². The Bertz CT molecular complexity index is 788. The van der Waals surface area contributed by atoms with Gasteiger partial charge in [-0.25, -0.2) is 0 Å². The quantitative estimate of drug-likeness (QED) is 0.507. The van der Waals surface area contributed by atoms with E-state index in [2.05, 4.69) is 16.0 Å². The number of piperidine rings is 1. The largest absolute Gasteiger partial charge is 0.387 e. The van der Waals surface area contributed by atoms with Crippen LogP contribution in [0.5, 0.6) is 0 Å². The molecule has 0 aliphatic carbocycles. The zero-order valence-corrected chi connectivity index (χ0v) is 15.1. The lowest BCUT2D eigenvalue weighted by atomic mass is 10.0. The van der Waals surface area contributed by atoms with E-state index in [4.69, 9.17) is 0 Å².